The van der Waals surface area contributed by atoms with E-state index >= 15 is 0 Å². The summed E-state index contributed by atoms with van der Waals surface area (Å²) in [6.07, 6.45) is 23.2. The molecule has 1 aromatic carbocycles. The molecule has 0 bridgehead atoms. The number of nitrogens with zero attached hydrogens (tertiary/aromatic N) is 2. The van der Waals surface area contributed by atoms with E-state index in [-0.39, 0.29) is 6.10 Å². The molecule has 2 aromatic rings. The van der Waals surface area contributed by atoms with Crippen molar-refractivity contribution >= 4 is 0 Å². The lowest BCUT2D eigenvalue weighted by Crippen LogP contribution is -2.12. The molecular weight excluding hydrogens is 420 g/mol. The Morgan fingerprint density at radius 2 is 1.26 bits per heavy atom. The molecule has 190 valence electrons. The van der Waals surface area contributed by atoms with E-state index in [0.29, 0.717) is 5.88 Å². The third-order valence-electron chi connectivity index (χ3n) is 6.33. The van der Waals surface area contributed by atoms with E-state index in [2.05, 4.69) is 42.9 Å². The van der Waals surface area contributed by atoms with Crippen LogP contribution in [0.1, 0.15) is 117 Å². The van der Waals surface area contributed by atoms with Gasteiger partial charge in [-0.25, -0.2) is 9.97 Å². The molecule has 0 amide bonds. The third-order valence-corrected chi connectivity index (χ3v) is 6.33. The highest BCUT2D eigenvalue weighted by Crippen LogP contribution is 2.22. The number of aromatic nitrogens is 2. The van der Waals surface area contributed by atoms with E-state index in [1.807, 2.05) is 12.1 Å². The summed E-state index contributed by atoms with van der Waals surface area (Å²) in [7, 11) is 0. The van der Waals surface area contributed by atoms with Gasteiger partial charge in [0.2, 0.25) is 5.88 Å². The maximum Gasteiger partial charge on any atom is 0.232 e. The van der Waals surface area contributed by atoms with Crippen LogP contribution in [0.25, 0.3) is 11.3 Å². The average Bonchev–Trinajstić information content (AvgIpc) is 2.86. The highest BCUT2D eigenvalue weighted by atomic mass is 16.5. The normalized spacial score (nSPS) is 12.0. The van der Waals surface area contributed by atoms with Gasteiger partial charge in [0.1, 0.15) is 5.75 Å². The Morgan fingerprint density at radius 3 is 1.85 bits per heavy atom. The fourth-order valence-electron chi connectivity index (χ4n) is 4.15. The van der Waals surface area contributed by atoms with E-state index in [1.165, 1.54) is 83.5 Å². The second-order valence-corrected chi connectivity index (χ2v) is 9.57. The largest absolute Gasteiger partial charge is 0.494 e. The monoisotopic (exact) mass is 468 g/mol. The van der Waals surface area contributed by atoms with Crippen LogP contribution in [0.2, 0.25) is 0 Å². The van der Waals surface area contributed by atoms with Crippen LogP contribution >= 0.6 is 0 Å². The van der Waals surface area contributed by atoms with Gasteiger partial charge < -0.3 is 9.47 Å². The van der Waals surface area contributed by atoms with Crippen LogP contribution in [0.15, 0.2) is 36.7 Å². The average molecular weight is 469 g/mol. The van der Waals surface area contributed by atoms with Crippen molar-refractivity contribution < 1.29 is 9.47 Å². The first-order chi connectivity index (χ1) is 16.7. The fourth-order valence-corrected chi connectivity index (χ4v) is 4.15. The summed E-state index contributed by atoms with van der Waals surface area (Å²) in [4.78, 5) is 9.00. The number of benzene rings is 1. The summed E-state index contributed by atoms with van der Waals surface area (Å²) < 4.78 is 11.8. The summed E-state index contributed by atoms with van der Waals surface area (Å²) >= 11 is 0. The second-order valence-electron chi connectivity index (χ2n) is 9.57. The Kier molecular flexibility index (Phi) is 15.1. The SMILES string of the molecule is CCCCCCCCCCCCOc1ccc(-c2cnc(O[C@@H](C)CCCCCC)cn2)cc1. The molecule has 0 aliphatic rings. The zero-order chi connectivity index (χ0) is 24.3. The van der Waals surface area contributed by atoms with Crippen LogP contribution < -0.4 is 9.47 Å². The van der Waals surface area contributed by atoms with E-state index in [9.17, 15) is 0 Å². The van der Waals surface area contributed by atoms with Crippen molar-refractivity contribution in [3.8, 4) is 22.9 Å². The second kappa shape index (κ2) is 18.3. The Morgan fingerprint density at radius 1 is 0.676 bits per heavy atom. The smallest absolute Gasteiger partial charge is 0.232 e. The Bertz CT molecular complexity index is 730. The minimum atomic E-state index is 0.170. The lowest BCUT2D eigenvalue weighted by molar-refractivity contribution is 0.197. The van der Waals surface area contributed by atoms with Gasteiger partial charge in [-0.3, -0.25) is 0 Å². The van der Waals surface area contributed by atoms with Crippen molar-refractivity contribution in [3.63, 3.8) is 0 Å². The standard InChI is InChI=1S/C30H48N2O2/c1-4-6-8-10-11-12-13-14-15-17-23-33-28-21-19-27(20-22-28)29-24-32-30(25-31-29)34-26(3)18-16-9-7-5-2/h19-22,24-26H,4-18,23H2,1-3H3/t26-/m0/s1. The third kappa shape index (κ3) is 12.4. The van der Waals surface area contributed by atoms with Gasteiger partial charge in [-0.15, -0.1) is 0 Å². The molecule has 0 fully saturated rings. The van der Waals surface area contributed by atoms with Gasteiger partial charge in [0.25, 0.3) is 0 Å². The Labute approximate surface area is 208 Å². The lowest BCUT2D eigenvalue weighted by Gasteiger charge is -2.13. The Balaban J connectivity index is 1.61. The van der Waals surface area contributed by atoms with Crippen LogP contribution in [-0.2, 0) is 0 Å². The van der Waals surface area contributed by atoms with Crippen LogP contribution in [0.4, 0.5) is 0 Å². The predicted octanol–water partition coefficient (Wildman–Crippen LogP) is 9.18. The number of hydrogen-bond acceptors (Lipinski definition) is 4. The molecule has 0 saturated heterocycles. The minimum absolute atomic E-state index is 0.170. The molecule has 0 radical (unpaired) electrons. The van der Waals surface area contributed by atoms with Gasteiger partial charge in [0, 0.05) is 5.56 Å². The molecular formula is C30H48N2O2. The molecule has 4 heteroatoms. The molecule has 1 atom stereocenters. The molecule has 0 N–H and O–H groups in total. The molecule has 1 heterocycles. The van der Waals surface area contributed by atoms with Gasteiger partial charge in [-0.05, 0) is 50.5 Å². The van der Waals surface area contributed by atoms with Crippen molar-refractivity contribution in [1.29, 1.82) is 0 Å². The number of rotatable bonds is 20. The molecule has 0 spiro atoms. The Hall–Kier alpha value is -2.10. The van der Waals surface area contributed by atoms with Crippen LogP contribution in [0.3, 0.4) is 0 Å². The maximum absolute atomic E-state index is 5.92. The fraction of sp³-hybridized carbons (Fsp3) is 0.667. The van der Waals surface area contributed by atoms with Crippen LogP contribution in [0, 0.1) is 0 Å². The van der Waals surface area contributed by atoms with E-state index in [0.717, 1.165) is 36.5 Å². The van der Waals surface area contributed by atoms with Crippen molar-refractivity contribution in [3.05, 3.63) is 36.7 Å². The zero-order valence-corrected chi connectivity index (χ0v) is 22.1. The molecule has 0 aliphatic carbocycles. The number of unbranched alkanes of at least 4 members (excludes halogenated alkanes) is 12. The van der Waals surface area contributed by atoms with Crippen LogP contribution in [0.5, 0.6) is 11.6 Å². The quantitative estimate of drug-likeness (QED) is 0.182. The summed E-state index contributed by atoms with van der Waals surface area (Å²) in [5, 5.41) is 0. The van der Waals surface area contributed by atoms with E-state index in [1.54, 1.807) is 12.4 Å². The summed E-state index contributed by atoms with van der Waals surface area (Å²) in [5.41, 5.74) is 1.89. The van der Waals surface area contributed by atoms with Crippen LogP contribution in [-0.4, -0.2) is 22.7 Å². The highest BCUT2D eigenvalue weighted by Gasteiger charge is 2.07. The molecule has 4 nitrogen and oxygen atoms in total. The summed E-state index contributed by atoms with van der Waals surface area (Å²) in [6, 6.07) is 8.15. The van der Waals surface area contributed by atoms with Gasteiger partial charge in [-0.1, -0.05) is 90.9 Å². The van der Waals surface area contributed by atoms with Crippen molar-refractivity contribution in [2.24, 2.45) is 0 Å². The molecule has 34 heavy (non-hydrogen) atoms. The van der Waals surface area contributed by atoms with Gasteiger partial charge >= 0.3 is 0 Å². The van der Waals surface area contributed by atoms with Crippen molar-refractivity contribution in [2.45, 2.75) is 123 Å². The van der Waals surface area contributed by atoms with E-state index < -0.39 is 0 Å². The molecule has 1 aromatic heterocycles. The lowest BCUT2D eigenvalue weighted by atomic mass is 10.1. The molecule has 2 rings (SSSR count). The summed E-state index contributed by atoms with van der Waals surface area (Å²) in [5.74, 6) is 1.52. The topological polar surface area (TPSA) is 44.2 Å². The molecule has 0 aliphatic heterocycles. The van der Waals surface area contributed by atoms with Gasteiger partial charge in [0.05, 0.1) is 30.8 Å². The first-order valence-electron chi connectivity index (χ1n) is 13.9. The van der Waals surface area contributed by atoms with Gasteiger partial charge in [0.15, 0.2) is 0 Å². The molecule has 0 unspecified atom stereocenters. The molecule has 0 saturated carbocycles. The highest BCUT2D eigenvalue weighted by molar-refractivity contribution is 5.59. The first kappa shape index (κ1) is 28.1. The number of hydrogen-bond donors (Lipinski definition) is 0. The van der Waals surface area contributed by atoms with E-state index in [4.69, 9.17) is 9.47 Å². The number of ether oxygens (including phenoxy) is 2. The van der Waals surface area contributed by atoms with Crippen molar-refractivity contribution in [1.82, 2.24) is 9.97 Å². The predicted molar refractivity (Wildman–Crippen MR) is 144 cm³/mol. The van der Waals surface area contributed by atoms with Gasteiger partial charge in [-0.2, -0.15) is 0 Å². The first-order valence-corrected chi connectivity index (χ1v) is 13.9. The maximum atomic E-state index is 5.92. The zero-order valence-electron chi connectivity index (χ0n) is 22.1. The van der Waals surface area contributed by atoms with Crippen molar-refractivity contribution in [2.75, 3.05) is 6.61 Å². The summed E-state index contributed by atoms with van der Waals surface area (Å²) in [6.45, 7) is 7.41. The minimum Gasteiger partial charge on any atom is -0.494 e.